The minimum atomic E-state index is -0.415. The average molecular weight is 290 g/mol. The molecule has 1 heterocycles. The van der Waals surface area contributed by atoms with Crippen molar-refractivity contribution in [3.63, 3.8) is 0 Å². The van der Waals surface area contributed by atoms with Crippen LogP contribution in [0.15, 0.2) is 24.3 Å². The first-order valence-electron chi connectivity index (χ1n) is 7.38. The summed E-state index contributed by atoms with van der Waals surface area (Å²) in [6.45, 7) is 4.75. The molecule has 0 spiro atoms. The number of piperidine rings is 1. The van der Waals surface area contributed by atoms with Crippen LogP contribution in [0.4, 0.5) is 0 Å². The lowest BCUT2D eigenvalue weighted by Crippen LogP contribution is -2.38. The van der Waals surface area contributed by atoms with Gasteiger partial charge in [0.05, 0.1) is 12.5 Å². The molecule has 1 aliphatic heterocycles. The Balaban J connectivity index is 1.93. The molecular weight excluding hydrogens is 268 g/mol. The van der Waals surface area contributed by atoms with E-state index in [4.69, 9.17) is 10.5 Å². The van der Waals surface area contributed by atoms with Crippen LogP contribution in [0.2, 0.25) is 0 Å². The lowest BCUT2D eigenvalue weighted by Gasteiger charge is -2.31. The second kappa shape index (κ2) is 7.22. The van der Waals surface area contributed by atoms with E-state index in [1.54, 1.807) is 12.1 Å². The van der Waals surface area contributed by atoms with Crippen LogP contribution in [0.1, 0.15) is 35.7 Å². The van der Waals surface area contributed by atoms with Crippen molar-refractivity contribution < 1.29 is 14.3 Å². The van der Waals surface area contributed by atoms with Crippen LogP contribution in [-0.4, -0.2) is 36.5 Å². The van der Waals surface area contributed by atoms with Crippen molar-refractivity contribution >= 4 is 11.9 Å². The molecule has 2 rings (SSSR count). The Bertz CT molecular complexity index is 499. The second-order valence-electron chi connectivity index (χ2n) is 5.39. The average Bonchev–Trinajstić information content (AvgIpc) is 2.48. The number of likely N-dealkylation sites (tertiary alicyclic amines) is 1. The van der Waals surface area contributed by atoms with Crippen molar-refractivity contribution in [2.75, 3.05) is 19.7 Å². The SMILES string of the molecule is CCOC(=O)[C@H]1CCCN(Cc2ccc(C(N)=O)cc2)C1. The molecule has 0 bridgehead atoms. The molecule has 1 aromatic carbocycles. The van der Waals surface area contributed by atoms with E-state index in [2.05, 4.69) is 4.90 Å². The monoisotopic (exact) mass is 290 g/mol. The van der Waals surface area contributed by atoms with Gasteiger partial charge >= 0.3 is 5.97 Å². The van der Waals surface area contributed by atoms with Crippen LogP contribution in [0.25, 0.3) is 0 Å². The van der Waals surface area contributed by atoms with Gasteiger partial charge in [-0.1, -0.05) is 12.1 Å². The quantitative estimate of drug-likeness (QED) is 0.835. The van der Waals surface area contributed by atoms with E-state index >= 15 is 0 Å². The Morgan fingerprint density at radius 2 is 2.05 bits per heavy atom. The van der Waals surface area contributed by atoms with Gasteiger partial charge in [-0.15, -0.1) is 0 Å². The molecule has 5 heteroatoms. The molecule has 21 heavy (non-hydrogen) atoms. The molecule has 2 N–H and O–H groups in total. The zero-order valence-electron chi connectivity index (χ0n) is 12.4. The topological polar surface area (TPSA) is 72.6 Å². The van der Waals surface area contributed by atoms with Crippen molar-refractivity contribution in [1.82, 2.24) is 4.90 Å². The van der Waals surface area contributed by atoms with Crippen molar-refractivity contribution in [3.8, 4) is 0 Å². The molecule has 1 atom stereocenters. The Hall–Kier alpha value is -1.88. The van der Waals surface area contributed by atoms with Crippen molar-refractivity contribution in [3.05, 3.63) is 35.4 Å². The number of nitrogens with zero attached hydrogens (tertiary/aromatic N) is 1. The number of primary amides is 1. The molecule has 0 radical (unpaired) electrons. The summed E-state index contributed by atoms with van der Waals surface area (Å²) in [6, 6.07) is 7.30. The van der Waals surface area contributed by atoms with E-state index < -0.39 is 5.91 Å². The normalized spacial score (nSPS) is 19.2. The molecule has 114 valence electrons. The van der Waals surface area contributed by atoms with Crippen LogP contribution in [0.3, 0.4) is 0 Å². The first-order valence-corrected chi connectivity index (χ1v) is 7.38. The van der Waals surface area contributed by atoms with Gasteiger partial charge in [-0.3, -0.25) is 14.5 Å². The van der Waals surface area contributed by atoms with Gasteiger partial charge in [0, 0.05) is 18.7 Å². The Labute approximate surface area is 125 Å². The maximum absolute atomic E-state index is 11.8. The molecule has 0 unspecified atom stereocenters. The van der Waals surface area contributed by atoms with Crippen LogP contribution in [-0.2, 0) is 16.1 Å². The fraction of sp³-hybridized carbons (Fsp3) is 0.500. The van der Waals surface area contributed by atoms with Crippen LogP contribution in [0, 0.1) is 5.92 Å². The summed E-state index contributed by atoms with van der Waals surface area (Å²) in [6.07, 6.45) is 1.90. The van der Waals surface area contributed by atoms with Gasteiger partial charge in [-0.25, -0.2) is 0 Å². The number of esters is 1. The Morgan fingerprint density at radius 1 is 1.33 bits per heavy atom. The first-order chi connectivity index (χ1) is 10.1. The molecule has 5 nitrogen and oxygen atoms in total. The third-order valence-corrected chi connectivity index (χ3v) is 3.77. The minimum absolute atomic E-state index is 0.0245. The predicted molar refractivity (Wildman–Crippen MR) is 79.6 cm³/mol. The first kappa shape index (κ1) is 15.5. The molecule has 1 amide bonds. The van der Waals surface area contributed by atoms with Crippen molar-refractivity contribution in [2.24, 2.45) is 11.7 Å². The molecular formula is C16H22N2O3. The van der Waals surface area contributed by atoms with Gasteiger partial charge in [0.15, 0.2) is 0 Å². The lowest BCUT2D eigenvalue weighted by molar-refractivity contribution is -0.150. The van der Waals surface area contributed by atoms with Gasteiger partial charge in [0.25, 0.3) is 0 Å². The fourth-order valence-electron chi connectivity index (χ4n) is 2.68. The third-order valence-electron chi connectivity index (χ3n) is 3.77. The highest BCUT2D eigenvalue weighted by Gasteiger charge is 2.26. The Kier molecular flexibility index (Phi) is 5.33. The van der Waals surface area contributed by atoms with Gasteiger partial charge in [-0.2, -0.15) is 0 Å². The molecule has 0 aliphatic carbocycles. The minimum Gasteiger partial charge on any atom is -0.466 e. The highest BCUT2D eigenvalue weighted by atomic mass is 16.5. The predicted octanol–water partition coefficient (Wildman–Crippen LogP) is 1.56. The highest BCUT2D eigenvalue weighted by Crippen LogP contribution is 2.20. The standard InChI is InChI=1S/C16H22N2O3/c1-2-21-16(20)14-4-3-9-18(11-14)10-12-5-7-13(8-6-12)15(17)19/h5-8,14H,2-4,9-11H2,1H3,(H2,17,19)/t14-/m0/s1. The summed E-state index contributed by atoms with van der Waals surface area (Å²) in [5, 5.41) is 0. The van der Waals surface area contributed by atoms with Gasteiger partial charge in [0.1, 0.15) is 0 Å². The van der Waals surface area contributed by atoms with Crippen LogP contribution >= 0.6 is 0 Å². The van der Waals surface area contributed by atoms with E-state index in [-0.39, 0.29) is 11.9 Å². The van der Waals surface area contributed by atoms with Gasteiger partial charge in [-0.05, 0) is 44.0 Å². The number of carbonyl (C=O) groups excluding carboxylic acids is 2. The van der Waals surface area contributed by atoms with Crippen molar-refractivity contribution in [1.29, 1.82) is 0 Å². The second-order valence-corrected chi connectivity index (χ2v) is 5.39. The van der Waals surface area contributed by atoms with E-state index in [1.165, 1.54) is 0 Å². The summed E-state index contributed by atoms with van der Waals surface area (Å²) in [5.41, 5.74) is 6.86. The Morgan fingerprint density at radius 3 is 2.67 bits per heavy atom. The zero-order valence-corrected chi connectivity index (χ0v) is 12.4. The van der Waals surface area contributed by atoms with Crippen molar-refractivity contribution in [2.45, 2.75) is 26.3 Å². The molecule has 1 aromatic rings. The number of nitrogens with two attached hydrogens (primary N) is 1. The highest BCUT2D eigenvalue weighted by molar-refractivity contribution is 5.92. The number of ether oxygens (including phenoxy) is 1. The summed E-state index contributed by atoms with van der Waals surface area (Å²) < 4.78 is 5.10. The van der Waals surface area contributed by atoms with E-state index in [1.807, 2.05) is 19.1 Å². The number of benzene rings is 1. The molecule has 0 aromatic heterocycles. The number of amides is 1. The van der Waals surface area contributed by atoms with E-state index in [0.29, 0.717) is 12.2 Å². The lowest BCUT2D eigenvalue weighted by atomic mass is 9.97. The van der Waals surface area contributed by atoms with Crippen LogP contribution in [0.5, 0.6) is 0 Å². The molecule has 0 saturated carbocycles. The van der Waals surface area contributed by atoms with E-state index in [9.17, 15) is 9.59 Å². The number of carbonyl (C=O) groups is 2. The number of hydrogen-bond donors (Lipinski definition) is 1. The summed E-state index contributed by atoms with van der Waals surface area (Å²) in [7, 11) is 0. The maximum Gasteiger partial charge on any atom is 0.310 e. The smallest absolute Gasteiger partial charge is 0.310 e. The van der Waals surface area contributed by atoms with Gasteiger partial charge in [0.2, 0.25) is 5.91 Å². The van der Waals surface area contributed by atoms with E-state index in [0.717, 1.165) is 38.0 Å². The largest absolute Gasteiger partial charge is 0.466 e. The van der Waals surface area contributed by atoms with Crippen LogP contribution < -0.4 is 5.73 Å². The van der Waals surface area contributed by atoms with Gasteiger partial charge < -0.3 is 10.5 Å². The number of hydrogen-bond acceptors (Lipinski definition) is 4. The maximum atomic E-state index is 11.8. The molecule has 1 aliphatic rings. The number of rotatable bonds is 5. The zero-order chi connectivity index (χ0) is 15.2. The summed E-state index contributed by atoms with van der Waals surface area (Å²) >= 11 is 0. The third kappa shape index (κ3) is 4.29. The fourth-order valence-corrected chi connectivity index (χ4v) is 2.68. The molecule has 1 saturated heterocycles. The summed E-state index contributed by atoms with van der Waals surface area (Å²) in [5.74, 6) is -0.531. The summed E-state index contributed by atoms with van der Waals surface area (Å²) in [4.78, 5) is 25.1. The molecule has 1 fully saturated rings.